The number of esters is 1. The van der Waals surface area contributed by atoms with Crippen LogP contribution in [0.5, 0.6) is 0 Å². The summed E-state index contributed by atoms with van der Waals surface area (Å²) in [4.78, 5) is 35.8. The predicted octanol–water partition coefficient (Wildman–Crippen LogP) is 1.65. The van der Waals surface area contributed by atoms with Crippen LogP contribution < -0.4 is 5.73 Å². The Morgan fingerprint density at radius 2 is 1.58 bits per heavy atom. The normalized spacial score (nSPS) is 14.1. The lowest BCUT2D eigenvalue weighted by atomic mass is 9.95. The number of rotatable bonds is 7. The number of carbonyl (C=O) groups excluding carboxylic acids is 2. The first-order valence-electron chi connectivity index (χ1n) is 8.27. The molecule has 3 atom stereocenters. The minimum atomic E-state index is -1.13. The molecule has 0 saturated heterocycles. The number of carbonyl (C=O) groups is 3. The smallest absolute Gasteiger partial charge is 0.366 e. The van der Waals surface area contributed by atoms with Gasteiger partial charge in [0, 0.05) is 11.1 Å². The Hall–Kier alpha value is -2.99. The highest BCUT2D eigenvalue weighted by molar-refractivity contribution is 6.09. The van der Waals surface area contributed by atoms with Gasteiger partial charge in [-0.3, -0.25) is 9.59 Å². The van der Waals surface area contributed by atoms with Crippen LogP contribution in [0.2, 0.25) is 0 Å². The molecular weight excluding hydrogens is 334 g/mol. The molecule has 0 aliphatic carbocycles. The van der Waals surface area contributed by atoms with Crippen LogP contribution >= 0.6 is 0 Å². The fraction of sp³-hybridized carbons (Fsp3) is 0.250. The fourth-order valence-electron chi connectivity index (χ4n) is 2.41. The summed E-state index contributed by atoms with van der Waals surface area (Å²) in [5, 5.41) is 8.94. The molecule has 0 aromatic heterocycles. The molecule has 0 heterocycles. The van der Waals surface area contributed by atoms with Gasteiger partial charge in [-0.1, -0.05) is 48.5 Å². The van der Waals surface area contributed by atoms with E-state index in [-0.39, 0.29) is 5.78 Å². The molecular formula is C20H22NO5+. The molecule has 2 rings (SSSR count). The lowest BCUT2D eigenvalue weighted by molar-refractivity contribution is -0.423. The van der Waals surface area contributed by atoms with Crippen LogP contribution in [-0.4, -0.2) is 35.0 Å². The van der Waals surface area contributed by atoms with Gasteiger partial charge in [-0.05, 0) is 25.5 Å². The van der Waals surface area contributed by atoms with Crippen LogP contribution in [0.1, 0.15) is 41.3 Å². The first kappa shape index (κ1) is 19.3. The topological polar surface area (TPSA) is 108 Å². The highest BCUT2D eigenvalue weighted by Crippen LogP contribution is 2.21. The molecule has 0 saturated carbocycles. The Bertz CT molecular complexity index is 803. The van der Waals surface area contributed by atoms with Crippen LogP contribution in [0.4, 0.5) is 0 Å². The second-order valence-corrected chi connectivity index (χ2v) is 6.13. The summed E-state index contributed by atoms with van der Waals surface area (Å²) in [6.45, 7) is 3.14. The molecule has 2 aromatic carbocycles. The SMILES string of the molecule is CC(OC(=O)[C@H](C)c1cccc(C(=O)c2ccccc2)c1)C([NH3+])C(=O)O. The molecule has 0 amide bonds. The summed E-state index contributed by atoms with van der Waals surface area (Å²) in [6.07, 6.45) is -0.850. The zero-order chi connectivity index (χ0) is 19.3. The van der Waals surface area contributed by atoms with E-state index in [0.29, 0.717) is 16.7 Å². The number of ketones is 1. The number of hydrogen-bond acceptors (Lipinski definition) is 4. The molecule has 0 fully saturated rings. The Labute approximate surface area is 151 Å². The van der Waals surface area contributed by atoms with E-state index in [1.807, 2.05) is 6.07 Å². The Morgan fingerprint density at radius 1 is 0.962 bits per heavy atom. The lowest BCUT2D eigenvalue weighted by Gasteiger charge is -2.18. The van der Waals surface area contributed by atoms with E-state index >= 15 is 0 Å². The molecule has 0 bridgehead atoms. The van der Waals surface area contributed by atoms with E-state index in [0.717, 1.165) is 0 Å². The summed E-state index contributed by atoms with van der Waals surface area (Å²) in [7, 11) is 0. The third-order valence-corrected chi connectivity index (χ3v) is 4.22. The molecule has 136 valence electrons. The number of hydrogen-bond donors (Lipinski definition) is 2. The van der Waals surface area contributed by atoms with Gasteiger partial charge in [-0.25, -0.2) is 4.79 Å². The number of benzene rings is 2. The summed E-state index contributed by atoms with van der Waals surface area (Å²) < 4.78 is 5.21. The van der Waals surface area contributed by atoms with Crippen molar-refractivity contribution in [1.29, 1.82) is 0 Å². The van der Waals surface area contributed by atoms with Crippen LogP contribution in [0.25, 0.3) is 0 Å². The highest BCUT2D eigenvalue weighted by Gasteiger charge is 2.29. The highest BCUT2D eigenvalue weighted by atomic mass is 16.5. The molecule has 6 heteroatoms. The van der Waals surface area contributed by atoms with Gasteiger partial charge in [0.2, 0.25) is 6.04 Å². The van der Waals surface area contributed by atoms with Gasteiger partial charge >= 0.3 is 11.9 Å². The van der Waals surface area contributed by atoms with Crippen molar-refractivity contribution in [2.75, 3.05) is 0 Å². The van der Waals surface area contributed by atoms with E-state index in [1.54, 1.807) is 55.5 Å². The molecule has 2 aromatic rings. The first-order valence-corrected chi connectivity index (χ1v) is 8.27. The van der Waals surface area contributed by atoms with Gasteiger partial charge in [0.05, 0.1) is 5.92 Å². The summed E-state index contributed by atoms with van der Waals surface area (Å²) >= 11 is 0. The van der Waals surface area contributed by atoms with E-state index in [1.165, 1.54) is 6.92 Å². The van der Waals surface area contributed by atoms with Gasteiger partial charge in [0.15, 0.2) is 11.9 Å². The van der Waals surface area contributed by atoms with Crippen molar-refractivity contribution < 1.29 is 30.0 Å². The lowest BCUT2D eigenvalue weighted by Crippen LogP contribution is -2.70. The first-order chi connectivity index (χ1) is 12.3. The summed E-state index contributed by atoms with van der Waals surface area (Å²) in [5.74, 6) is -2.46. The maximum absolute atomic E-state index is 12.5. The molecule has 26 heavy (non-hydrogen) atoms. The van der Waals surface area contributed by atoms with Gasteiger partial charge in [0.25, 0.3) is 0 Å². The van der Waals surface area contributed by atoms with Crippen molar-refractivity contribution in [2.24, 2.45) is 0 Å². The average Bonchev–Trinajstić information content (AvgIpc) is 2.66. The standard InChI is InChI=1S/C20H21NO5/c1-12(20(25)26-13(2)17(21)19(23)24)15-9-6-10-16(11-15)18(22)14-7-4-3-5-8-14/h3-13,17H,21H2,1-2H3,(H,23,24)/p+1/t12-,13?,17?/m1/s1. The zero-order valence-electron chi connectivity index (χ0n) is 14.7. The van der Waals surface area contributed by atoms with Gasteiger partial charge in [-0.2, -0.15) is 0 Å². The predicted molar refractivity (Wildman–Crippen MR) is 94.6 cm³/mol. The van der Waals surface area contributed by atoms with Crippen LogP contribution in [-0.2, 0) is 14.3 Å². The van der Waals surface area contributed by atoms with Crippen molar-refractivity contribution in [3.8, 4) is 0 Å². The largest absolute Gasteiger partial charge is 0.477 e. The molecule has 0 spiro atoms. The summed E-state index contributed by atoms with van der Waals surface area (Å²) in [6, 6.07) is 14.6. The van der Waals surface area contributed by atoms with Crippen LogP contribution in [0.3, 0.4) is 0 Å². The molecule has 4 N–H and O–H groups in total. The van der Waals surface area contributed by atoms with Crippen molar-refractivity contribution >= 4 is 17.7 Å². The van der Waals surface area contributed by atoms with Crippen molar-refractivity contribution in [1.82, 2.24) is 0 Å². The minimum absolute atomic E-state index is 0.134. The maximum atomic E-state index is 12.5. The Morgan fingerprint density at radius 3 is 2.19 bits per heavy atom. The number of carboxylic acids is 1. The molecule has 0 aliphatic heterocycles. The maximum Gasteiger partial charge on any atom is 0.366 e. The second-order valence-electron chi connectivity index (χ2n) is 6.13. The van der Waals surface area contributed by atoms with E-state index in [4.69, 9.17) is 9.84 Å². The van der Waals surface area contributed by atoms with E-state index < -0.39 is 30.0 Å². The average molecular weight is 356 g/mol. The zero-order valence-corrected chi connectivity index (χ0v) is 14.7. The third kappa shape index (κ3) is 4.55. The quantitative estimate of drug-likeness (QED) is 0.579. The third-order valence-electron chi connectivity index (χ3n) is 4.22. The molecule has 2 unspecified atom stereocenters. The van der Waals surface area contributed by atoms with Gasteiger partial charge in [0.1, 0.15) is 0 Å². The monoisotopic (exact) mass is 356 g/mol. The second kappa shape index (κ2) is 8.40. The van der Waals surface area contributed by atoms with E-state index in [9.17, 15) is 14.4 Å². The number of aliphatic carboxylic acids is 1. The number of carboxylic acid groups (broad SMARTS) is 1. The van der Waals surface area contributed by atoms with Crippen molar-refractivity contribution in [3.05, 3.63) is 71.3 Å². The number of quaternary nitrogens is 1. The van der Waals surface area contributed by atoms with Gasteiger partial charge in [-0.15, -0.1) is 0 Å². The summed E-state index contributed by atoms with van der Waals surface area (Å²) in [5.41, 5.74) is 5.14. The fourth-order valence-corrected chi connectivity index (χ4v) is 2.41. The van der Waals surface area contributed by atoms with Crippen molar-refractivity contribution in [2.45, 2.75) is 31.9 Å². The molecule has 6 nitrogen and oxygen atoms in total. The molecule has 0 radical (unpaired) electrons. The Kier molecular flexibility index (Phi) is 6.25. The van der Waals surface area contributed by atoms with E-state index in [2.05, 4.69) is 5.73 Å². The molecule has 0 aliphatic rings. The van der Waals surface area contributed by atoms with Crippen molar-refractivity contribution in [3.63, 3.8) is 0 Å². The van der Waals surface area contributed by atoms with Crippen LogP contribution in [0, 0.1) is 0 Å². The minimum Gasteiger partial charge on any atom is -0.477 e. The van der Waals surface area contributed by atoms with Gasteiger partial charge < -0.3 is 15.6 Å². The Balaban J connectivity index is 2.15. The number of ether oxygens (including phenoxy) is 1. The van der Waals surface area contributed by atoms with Crippen LogP contribution in [0.15, 0.2) is 54.6 Å².